The molecule has 0 saturated carbocycles. The van der Waals surface area contributed by atoms with Crippen LogP contribution in [0.25, 0.3) is 0 Å². The van der Waals surface area contributed by atoms with Gasteiger partial charge in [0.15, 0.2) is 0 Å². The second-order valence-corrected chi connectivity index (χ2v) is 4.96. The lowest BCUT2D eigenvalue weighted by molar-refractivity contribution is 0.0696. The molecule has 1 saturated heterocycles. The van der Waals surface area contributed by atoms with E-state index in [1.165, 1.54) is 12.8 Å². The molecule has 1 heterocycles. The number of aromatic carboxylic acids is 1. The van der Waals surface area contributed by atoms with Gasteiger partial charge in [0.1, 0.15) is 0 Å². The highest BCUT2D eigenvalue weighted by atomic mass is 16.4. The van der Waals surface area contributed by atoms with E-state index in [0.717, 1.165) is 31.1 Å². The van der Waals surface area contributed by atoms with Gasteiger partial charge in [-0.2, -0.15) is 0 Å². The Morgan fingerprint density at radius 1 is 1.41 bits per heavy atom. The molecule has 3 heteroatoms. The van der Waals surface area contributed by atoms with Gasteiger partial charge in [0, 0.05) is 6.54 Å². The fourth-order valence-electron chi connectivity index (χ4n) is 2.28. The van der Waals surface area contributed by atoms with Crippen LogP contribution in [0.15, 0.2) is 24.3 Å². The van der Waals surface area contributed by atoms with Crippen molar-refractivity contribution in [1.82, 2.24) is 4.90 Å². The molecule has 0 bridgehead atoms. The molecule has 1 N–H and O–H groups in total. The topological polar surface area (TPSA) is 40.5 Å². The lowest BCUT2D eigenvalue weighted by Gasteiger charge is -2.30. The normalized spacial score (nSPS) is 18.2. The summed E-state index contributed by atoms with van der Waals surface area (Å²) in [5.74, 6) is -0.0179. The first-order valence-electron chi connectivity index (χ1n) is 6.20. The van der Waals surface area contributed by atoms with Crippen LogP contribution >= 0.6 is 0 Å². The minimum Gasteiger partial charge on any atom is -0.478 e. The van der Waals surface area contributed by atoms with Gasteiger partial charge >= 0.3 is 5.97 Å². The number of hydrogen-bond donors (Lipinski definition) is 1. The van der Waals surface area contributed by atoms with Crippen molar-refractivity contribution >= 4 is 5.97 Å². The summed E-state index contributed by atoms with van der Waals surface area (Å²) in [7, 11) is 0. The Labute approximate surface area is 102 Å². The number of carboxylic acid groups (broad SMARTS) is 1. The van der Waals surface area contributed by atoms with Crippen LogP contribution in [0.3, 0.4) is 0 Å². The zero-order chi connectivity index (χ0) is 12.3. The fourth-order valence-corrected chi connectivity index (χ4v) is 2.28. The average molecular weight is 233 g/mol. The van der Waals surface area contributed by atoms with Crippen molar-refractivity contribution in [3.8, 4) is 0 Å². The molecule has 3 nitrogen and oxygen atoms in total. The van der Waals surface area contributed by atoms with Gasteiger partial charge in [-0.25, -0.2) is 4.79 Å². The summed E-state index contributed by atoms with van der Waals surface area (Å²) in [4.78, 5) is 13.3. The third-order valence-electron chi connectivity index (χ3n) is 3.46. The van der Waals surface area contributed by atoms with Crippen LogP contribution in [0.4, 0.5) is 0 Å². The first-order valence-corrected chi connectivity index (χ1v) is 6.20. The fraction of sp³-hybridized carbons (Fsp3) is 0.500. The van der Waals surface area contributed by atoms with Crippen molar-refractivity contribution in [1.29, 1.82) is 0 Å². The Kier molecular flexibility index (Phi) is 3.79. The zero-order valence-electron chi connectivity index (χ0n) is 10.2. The largest absolute Gasteiger partial charge is 0.478 e. The molecule has 92 valence electrons. The van der Waals surface area contributed by atoms with Crippen molar-refractivity contribution in [2.24, 2.45) is 5.92 Å². The summed E-state index contributed by atoms with van der Waals surface area (Å²) < 4.78 is 0. The molecule has 0 aromatic heterocycles. The molecule has 1 aliphatic rings. The Morgan fingerprint density at radius 3 is 2.76 bits per heavy atom. The van der Waals surface area contributed by atoms with Crippen molar-refractivity contribution in [3.05, 3.63) is 35.4 Å². The second kappa shape index (κ2) is 5.32. The molecular weight excluding hydrogens is 214 g/mol. The molecule has 0 aliphatic carbocycles. The van der Waals surface area contributed by atoms with E-state index < -0.39 is 5.97 Å². The van der Waals surface area contributed by atoms with Crippen LogP contribution in [0.1, 0.15) is 35.7 Å². The van der Waals surface area contributed by atoms with E-state index in [1.54, 1.807) is 12.1 Å². The molecule has 0 atom stereocenters. The molecule has 1 fully saturated rings. The van der Waals surface area contributed by atoms with Gasteiger partial charge < -0.3 is 5.11 Å². The van der Waals surface area contributed by atoms with Gasteiger partial charge in [0.05, 0.1) is 5.56 Å². The van der Waals surface area contributed by atoms with E-state index >= 15 is 0 Å². The Balaban J connectivity index is 1.98. The monoisotopic (exact) mass is 233 g/mol. The summed E-state index contributed by atoms with van der Waals surface area (Å²) in [6, 6.07) is 7.25. The molecule has 1 aliphatic heterocycles. The van der Waals surface area contributed by atoms with Gasteiger partial charge in [0.25, 0.3) is 0 Å². The Morgan fingerprint density at radius 2 is 2.12 bits per heavy atom. The average Bonchev–Trinajstić information content (AvgIpc) is 2.32. The van der Waals surface area contributed by atoms with E-state index in [2.05, 4.69) is 11.8 Å². The van der Waals surface area contributed by atoms with Crippen molar-refractivity contribution in [2.45, 2.75) is 26.3 Å². The zero-order valence-corrected chi connectivity index (χ0v) is 10.2. The number of rotatable bonds is 3. The molecule has 0 radical (unpaired) electrons. The number of hydrogen-bond acceptors (Lipinski definition) is 2. The quantitative estimate of drug-likeness (QED) is 0.872. The van der Waals surface area contributed by atoms with E-state index in [1.807, 2.05) is 12.1 Å². The van der Waals surface area contributed by atoms with Crippen molar-refractivity contribution in [2.75, 3.05) is 13.1 Å². The molecule has 2 rings (SSSR count). The standard InChI is InChI=1S/C14H19NO2/c1-11-5-7-15(8-6-11)10-12-3-2-4-13(9-12)14(16)17/h2-4,9,11H,5-8,10H2,1H3,(H,16,17). The van der Waals surface area contributed by atoms with Gasteiger partial charge in [-0.1, -0.05) is 19.1 Å². The SMILES string of the molecule is CC1CCN(Cc2cccc(C(=O)O)c2)CC1. The first-order chi connectivity index (χ1) is 8.15. The van der Waals surface area contributed by atoms with Crippen LogP contribution in [-0.2, 0) is 6.54 Å². The summed E-state index contributed by atoms with van der Waals surface area (Å²) in [5.41, 5.74) is 1.48. The Bertz CT molecular complexity index is 395. The number of piperidine rings is 1. The number of likely N-dealkylation sites (tertiary alicyclic amines) is 1. The third-order valence-corrected chi connectivity index (χ3v) is 3.46. The van der Waals surface area contributed by atoms with Crippen LogP contribution in [0.5, 0.6) is 0 Å². The summed E-state index contributed by atoms with van der Waals surface area (Å²) in [5, 5.41) is 8.94. The minimum atomic E-state index is -0.848. The van der Waals surface area contributed by atoms with Crippen LogP contribution < -0.4 is 0 Å². The molecule has 1 aromatic carbocycles. The van der Waals surface area contributed by atoms with E-state index in [-0.39, 0.29) is 0 Å². The number of carbonyl (C=O) groups is 1. The van der Waals surface area contributed by atoms with E-state index in [9.17, 15) is 4.79 Å². The minimum absolute atomic E-state index is 0.382. The van der Waals surface area contributed by atoms with Crippen molar-refractivity contribution in [3.63, 3.8) is 0 Å². The maximum Gasteiger partial charge on any atom is 0.335 e. The highest BCUT2D eigenvalue weighted by molar-refractivity contribution is 5.87. The first kappa shape index (κ1) is 12.1. The van der Waals surface area contributed by atoms with Crippen LogP contribution in [0.2, 0.25) is 0 Å². The van der Waals surface area contributed by atoms with Crippen molar-refractivity contribution < 1.29 is 9.90 Å². The molecule has 1 aromatic rings. The van der Waals surface area contributed by atoms with Gasteiger partial charge in [-0.3, -0.25) is 4.90 Å². The number of carboxylic acids is 1. The van der Waals surface area contributed by atoms with Gasteiger partial charge in [-0.05, 0) is 49.5 Å². The van der Waals surface area contributed by atoms with Crippen LogP contribution in [-0.4, -0.2) is 29.1 Å². The lowest BCUT2D eigenvalue weighted by Crippen LogP contribution is -2.32. The van der Waals surface area contributed by atoms with E-state index in [4.69, 9.17) is 5.11 Å². The molecular formula is C14H19NO2. The molecule has 0 amide bonds. The molecule has 17 heavy (non-hydrogen) atoms. The summed E-state index contributed by atoms with van der Waals surface area (Å²) in [6.07, 6.45) is 2.50. The predicted molar refractivity (Wildman–Crippen MR) is 67.1 cm³/mol. The lowest BCUT2D eigenvalue weighted by atomic mass is 9.98. The maximum absolute atomic E-state index is 10.9. The highest BCUT2D eigenvalue weighted by Crippen LogP contribution is 2.18. The highest BCUT2D eigenvalue weighted by Gasteiger charge is 2.15. The molecule has 0 unspecified atom stereocenters. The van der Waals surface area contributed by atoms with Gasteiger partial charge in [0.2, 0.25) is 0 Å². The third kappa shape index (κ3) is 3.30. The van der Waals surface area contributed by atoms with Crippen LogP contribution in [0, 0.1) is 5.92 Å². The molecule has 0 spiro atoms. The number of nitrogens with zero attached hydrogens (tertiary/aromatic N) is 1. The maximum atomic E-state index is 10.9. The smallest absolute Gasteiger partial charge is 0.335 e. The number of benzene rings is 1. The Hall–Kier alpha value is -1.35. The predicted octanol–water partition coefficient (Wildman–Crippen LogP) is 2.62. The van der Waals surface area contributed by atoms with Gasteiger partial charge in [-0.15, -0.1) is 0 Å². The van der Waals surface area contributed by atoms with E-state index in [0.29, 0.717) is 5.56 Å². The summed E-state index contributed by atoms with van der Waals surface area (Å²) in [6.45, 7) is 5.41. The summed E-state index contributed by atoms with van der Waals surface area (Å²) >= 11 is 0. The second-order valence-electron chi connectivity index (χ2n) is 4.96.